The molecule has 29 heavy (non-hydrogen) atoms. The molecule has 156 valence electrons. The van der Waals surface area contributed by atoms with Gasteiger partial charge in [-0.15, -0.1) is 0 Å². The lowest BCUT2D eigenvalue weighted by Gasteiger charge is -2.24. The highest BCUT2D eigenvalue weighted by atomic mass is 16.6. The minimum atomic E-state index is -0.713. The highest BCUT2D eigenvalue weighted by Crippen LogP contribution is 2.22. The van der Waals surface area contributed by atoms with Crippen molar-refractivity contribution in [2.45, 2.75) is 46.8 Å². The third-order valence-corrected chi connectivity index (χ3v) is 4.28. The number of fused-ring (bicyclic) bond motifs is 1. The van der Waals surface area contributed by atoms with E-state index in [0.29, 0.717) is 6.54 Å². The van der Waals surface area contributed by atoms with Gasteiger partial charge in [0.25, 0.3) is 0 Å². The second kappa shape index (κ2) is 8.64. The molecular formula is C23H30N2O4. The van der Waals surface area contributed by atoms with Gasteiger partial charge in [-0.25, -0.2) is 4.79 Å². The van der Waals surface area contributed by atoms with E-state index in [1.807, 2.05) is 63.3 Å². The first-order valence-electron chi connectivity index (χ1n) is 9.53. The van der Waals surface area contributed by atoms with Crippen LogP contribution in [-0.4, -0.2) is 41.7 Å². The third-order valence-electron chi connectivity index (χ3n) is 4.28. The van der Waals surface area contributed by atoms with Gasteiger partial charge in [-0.1, -0.05) is 30.4 Å². The number of pyridine rings is 1. The average molecular weight is 399 g/mol. The van der Waals surface area contributed by atoms with Crippen LogP contribution in [0, 0.1) is 5.41 Å². The van der Waals surface area contributed by atoms with Crippen LogP contribution in [0.1, 0.15) is 45.9 Å². The van der Waals surface area contributed by atoms with Crippen molar-refractivity contribution in [3.8, 4) is 0 Å². The van der Waals surface area contributed by atoms with Crippen LogP contribution in [0.2, 0.25) is 0 Å². The van der Waals surface area contributed by atoms with Crippen LogP contribution in [-0.2, 0) is 20.8 Å². The Kier molecular flexibility index (Phi) is 6.67. The Morgan fingerprint density at radius 1 is 1.10 bits per heavy atom. The second-order valence-corrected chi connectivity index (χ2v) is 8.64. The molecule has 2 aromatic rings. The number of methoxy groups -OCH3 is 1. The Hall–Kier alpha value is -2.89. The van der Waals surface area contributed by atoms with Gasteiger partial charge in [0.2, 0.25) is 0 Å². The van der Waals surface area contributed by atoms with Crippen molar-refractivity contribution in [1.82, 2.24) is 9.88 Å². The quantitative estimate of drug-likeness (QED) is 0.676. The monoisotopic (exact) mass is 398 g/mol. The predicted octanol–water partition coefficient (Wildman–Crippen LogP) is 4.81. The van der Waals surface area contributed by atoms with Gasteiger partial charge in [0.15, 0.2) is 0 Å². The van der Waals surface area contributed by atoms with Crippen LogP contribution >= 0.6 is 0 Å². The number of carbonyl (C=O) groups excluding carboxylic acids is 2. The van der Waals surface area contributed by atoms with Crippen molar-refractivity contribution in [3.05, 3.63) is 47.7 Å². The Morgan fingerprint density at radius 3 is 2.38 bits per heavy atom. The fourth-order valence-corrected chi connectivity index (χ4v) is 2.65. The Bertz CT molecular complexity index is 926. The van der Waals surface area contributed by atoms with Crippen molar-refractivity contribution in [2.75, 3.05) is 14.2 Å². The molecule has 0 aliphatic heterocycles. The zero-order chi connectivity index (χ0) is 21.8. The van der Waals surface area contributed by atoms with Gasteiger partial charge in [-0.2, -0.15) is 0 Å². The van der Waals surface area contributed by atoms with Crippen molar-refractivity contribution >= 4 is 29.0 Å². The lowest BCUT2D eigenvalue weighted by atomic mass is 9.92. The van der Waals surface area contributed by atoms with E-state index in [1.165, 1.54) is 12.0 Å². The summed E-state index contributed by atoms with van der Waals surface area (Å²) in [5.74, 6) is -0.292. The standard InChI is InChI=1S/C23H30N2O4/c1-22(2,3)29-21(27)25(6)15-18-11-10-17-9-8-16(14-19(17)24-18)12-13-23(4,5)20(26)28-7/h8-14H,15H2,1-7H3. The molecule has 0 saturated heterocycles. The van der Waals surface area contributed by atoms with Crippen LogP contribution in [0.15, 0.2) is 36.4 Å². The maximum Gasteiger partial charge on any atom is 0.410 e. The van der Waals surface area contributed by atoms with Gasteiger partial charge in [0.1, 0.15) is 5.60 Å². The fraction of sp³-hybridized carbons (Fsp3) is 0.435. The molecule has 0 aliphatic carbocycles. The number of rotatable bonds is 5. The SMILES string of the molecule is COC(=O)C(C)(C)C=Cc1ccc2ccc(CN(C)C(=O)OC(C)(C)C)nc2c1. The first-order valence-corrected chi connectivity index (χ1v) is 9.53. The molecule has 0 saturated carbocycles. The van der Waals surface area contributed by atoms with Crippen LogP contribution in [0.25, 0.3) is 17.0 Å². The van der Waals surface area contributed by atoms with Crippen LogP contribution in [0.4, 0.5) is 4.79 Å². The molecule has 0 aliphatic rings. The minimum Gasteiger partial charge on any atom is -0.468 e. The maximum atomic E-state index is 12.2. The van der Waals surface area contributed by atoms with Crippen molar-refractivity contribution in [1.29, 1.82) is 0 Å². The lowest BCUT2D eigenvalue weighted by molar-refractivity contribution is -0.148. The van der Waals surface area contributed by atoms with E-state index in [0.717, 1.165) is 22.2 Å². The summed E-state index contributed by atoms with van der Waals surface area (Å²) in [6.45, 7) is 9.47. The number of hydrogen-bond acceptors (Lipinski definition) is 5. The van der Waals surface area contributed by atoms with E-state index in [-0.39, 0.29) is 12.1 Å². The zero-order valence-electron chi connectivity index (χ0n) is 18.3. The molecule has 1 aromatic heterocycles. The van der Waals surface area contributed by atoms with Crippen LogP contribution in [0.5, 0.6) is 0 Å². The number of esters is 1. The fourth-order valence-electron chi connectivity index (χ4n) is 2.65. The molecule has 0 radical (unpaired) electrons. The smallest absolute Gasteiger partial charge is 0.410 e. The minimum absolute atomic E-state index is 0.292. The van der Waals surface area contributed by atoms with Crippen molar-refractivity contribution in [3.63, 3.8) is 0 Å². The number of amides is 1. The first-order chi connectivity index (χ1) is 13.4. The van der Waals surface area contributed by atoms with Gasteiger partial charge in [-0.3, -0.25) is 9.78 Å². The van der Waals surface area contributed by atoms with Gasteiger partial charge < -0.3 is 14.4 Å². The van der Waals surface area contributed by atoms with E-state index < -0.39 is 11.0 Å². The molecular weight excluding hydrogens is 368 g/mol. The molecule has 0 spiro atoms. The van der Waals surface area contributed by atoms with E-state index >= 15 is 0 Å². The molecule has 6 nitrogen and oxygen atoms in total. The predicted molar refractivity (Wildman–Crippen MR) is 114 cm³/mol. The molecule has 0 N–H and O–H groups in total. The average Bonchev–Trinajstić information content (AvgIpc) is 2.64. The molecule has 6 heteroatoms. The van der Waals surface area contributed by atoms with Gasteiger partial charge in [-0.05, 0) is 52.3 Å². The van der Waals surface area contributed by atoms with Crippen LogP contribution in [0.3, 0.4) is 0 Å². The van der Waals surface area contributed by atoms with E-state index in [2.05, 4.69) is 4.98 Å². The van der Waals surface area contributed by atoms with Gasteiger partial charge >= 0.3 is 12.1 Å². The summed E-state index contributed by atoms with van der Waals surface area (Å²) >= 11 is 0. The topological polar surface area (TPSA) is 68.7 Å². The van der Waals surface area contributed by atoms with E-state index in [4.69, 9.17) is 9.47 Å². The Labute approximate surface area is 172 Å². The molecule has 0 unspecified atom stereocenters. The number of hydrogen-bond donors (Lipinski definition) is 0. The van der Waals surface area contributed by atoms with Crippen molar-refractivity contribution in [2.24, 2.45) is 5.41 Å². The number of benzene rings is 1. The summed E-state index contributed by atoms with van der Waals surface area (Å²) in [4.78, 5) is 30.2. The zero-order valence-corrected chi connectivity index (χ0v) is 18.3. The first kappa shape index (κ1) is 22.4. The number of nitrogens with zero attached hydrogens (tertiary/aromatic N) is 2. The molecule has 1 heterocycles. The molecule has 0 bridgehead atoms. The summed E-state index contributed by atoms with van der Waals surface area (Å²) in [7, 11) is 3.07. The van der Waals surface area contributed by atoms with Gasteiger partial charge in [0.05, 0.1) is 30.3 Å². The summed E-state index contributed by atoms with van der Waals surface area (Å²) < 4.78 is 10.2. The Morgan fingerprint density at radius 2 is 1.76 bits per heavy atom. The summed E-state index contributed by atoms with van der Waals surface area (Å²) in [5, 5.41) is 0.998. The lowest BCUT2D eigenvalue weighted by Crippen LogP contribution is -2.34. The molecule has 2 rings (SSSR count). The molecule has 1 aromatic carbocycles. The largest absolute Gasteiger partial charge is 0.468 e. The molecule has 0 fully saturated rings. The normalized spacial score (nSPS) is 12.2. The summed E-state index contributed by atoms with van der Waals surface area (Å²) in [5.41, 5.74) is 1.26. The highest BCUT2D eigenvalue weighted by molar-refractivity contribution is 5.83. The summed E-state index contributed by atoms with van der Waals surface area (Å²) in [6.07, 6.45) is 3.32. The number of aromatic nitrogens is 1. The highest BCUT2D eigenvalue weighted by Gasteiger charge is 2.25. The van der Waals surface area contributed by atoms with Crippen LogP contribution < -0.4 is 0 Å². The number of ether oxygens (including phenoxy) is 2. The van der Waals surface area contributed by atoms with Crippen molar-refractivity contribution < 1.29 is 19.1 Å². The second-order valence-electron chi connectivity index (χ2n) is 8.64. The Balaban J connectivity index is 2.20. The van der Waals surface area contributed by atoms with E-state index in [9.17, 15) is 9.59 Å². The molecule has 0 atom stereocenters. The number of carbonyl (C=O) groups is 2. The van der Waals surface area contributed by atoms with Gasteiger partial charge in [0, 0.05) is 12.4 Å². The molecule has 1 amide bonds. The third kappa shape index (κ3) is 6.31. The summed E-state index contributed by atoms with van der Waals surface area (Å²) in [6, 6.07) is 9.79. The maximum absolute atomic E-state index is 12.2. The van der Waals surface area contributed by atoms with E-state index in [1.54, 1.807) is 20.9 Å².